The van der Waals surface area contributed by atoms with Crippen LogP contribution < -0.4 is 0 Å². The molecule has 10 heavy (non-hydrogen) atoms. The summed E-state index contributed by atoms with van der Waals surface area (Å²) in [4.78, 5) is 1.28. The van der Waals surface area contributed by atoms with Crippen molar-refractivity contribution in [3.05, 3.63) is 5.82 Å². The molecule has 1 aromatic heterocycles. The fourth-order valence-corrected chi connectivity index (χ4v) is 0.548. The highest BCUT2D eigenvalue weighted by molar-refractivity contribution is 4.75. The van der Waals surface area contributed by atoms with Crippen LogP contribution in [0.1, 0.15) is 12.7 Å². The molecule has 0 bridgehead atoms. The Morgan fingerprint density at radius 2 is 2.50 bits per heavy atom. The molecule has 1 aromatic rings. The average Bonchev–Trinajstić information content (AvgIpc) is 2.37. The van der Waals surface area contributed by atoms with Gasteiger partial charge in [0, 0.05) is 6.42 Å². The van der Waals surface area contributed by atoms with Crippen molar-refractivity contribution in [2.24, 2.45) is 0 Å². The van der Waals surface area contributed by atoms with Crippen LogP contribution in [0.15, 0.2) is 0 Å². The second-order valence-corrected chi connectivity index (χ2v) is 1.75. The number of aryl methyl sites for hydroxylation is 1. The molecule has 0 amide bonds. The third-order valence-electron chi connectivity index (χ3n) is 1.02. The fraction of sp³-hybridized carbons (Fsp3) is 0.600. The molecule has 0 fully saturated rings. The lowest BCUT2D eigenvalue weighted by Gasteiger charge is -1.83. The third-order valence-corrected chi connectivity index (χ3v) is 1.02. The van der Waals surface area contributed by atoms with Crippen molar-refractivity contribution in [3.8, 4) is 6.07 Å². The summed E-state index contributed by atoms with van der Waals surface area (Å²) in [6.45, 7) is 2.11. The van der Waals surface area contributed by atoms with Crippen LogP contribution in [0.4, 0.5) is 0 Å². The van der Waals surface area contributed by atoms with E-state index in [9.17, 15) is 0 Å². The molecule has 0 aliphatic carbocycles. The minimum Gasteiger partial charge on any atom is -0.196 e. The molecule has 0 saturated carbocycles. The zero-order chi connectivity index (χ0) is 7.40. The predicted molar refractivity (Wildman–Crippen MR) is 32.8 cm³/mol. The maximum Gasteiger partial charge on any atom is 0.174 e. The molecule has 0 saturated heterocycles. The van der Waals surface area contributed by atoms with E-state index in [1.165, 1.54) is 4.80 Å². The molecule has 5 nitrogen and oxygen atoms in total. The van der Waals surface area contributed by atoms with E-state index >= 15 is 0 Å². The monoisotopic (exact) mass is 137 g/mol. The first kappa shape index (κ1) is 6.68. The van der Waals surface area contributed by atoms with Gasteiger partial charge in [0.2, 0.25) is 0 Å². The molecule has 0 unspecified atom stereocenters. The number of hydrogen-bond donors (Lipinski definition) is 0. The zero-order valence-corrected chi connectivity index (χ0v) is 5.65. The Hall–Kier alpha value is -1.44. The van der Waals surface area contributed by atoms with E-state index in [4.69, 9.17) is 5.26 Å². The van der Waals surface area contributed by atoms with Gasteiger partial charge in [-0.1, -0.05) is 6.92 Å². The van der Waals surface area contributed by atoms with Crippen LogP contribution in [-0.4, -0.2) is 20.2 Å². The lowest BCUT2D eigenvalue weighted by molar-refractivity contribution is 0.586. The molecule has 0 N–H and O–H groups in total. The van der Waals surface area contributed by atoms with Crippen LogP contribution in [0.25, 0.3) is 0 Å². The van der Waals surface area contributed by atoms with Gasteiger partial charge in [0.25, 0.3) is 0 Å². The van der Waals surface area contributed by atoms with Crippen molar-refractivity contribution in [1.29, 1.82) is 5.26 Å². The first-order valence-corrected chi connectivity index (χ1v) is 3.00. The highest BCUT2D eigenvalue weighted by Gasteiger charge is 1.96. The number of nitrogens with zero attached hydrogens (tertiary/aromatic N) is 5. The Morgan fingerprint density at radius 3 is 3.00 bits per heavy atom. The summed E-state index contributed by atoms with van der Waals surface area (Å²) < 4.78 is 0. The van der Waals surface area contributed by atoms with E-state index < -0.39 is 0 Å². The molecular weight excluding hydrogens is 130 g/mol. The molecule has 52 valence electrons. The first-order valence-electron chi connectivity index (χ1n) is 3.00. The summed E-state index contributed by atoms with van der Waals surface area (Å²) in [5, 5.41) is 19.4. The standard InChI is InChI=1S/C5H7N5/c1-2-5-7-9-10(8-5)4-3-6/h2,4H2,1H3. The Morgan fingerprint density at radius 1 is 1.70 bits per heavy atom. The quantitative estimate of drug-likeness (QED) is 0.564. The second-order valence-electron chi connectivity index (χ2n) is 1.75. The Labute approximate surface area is 58.3 Å². The largest absolute Gasteiger partial charge is 0.196 e. The molecule has 0 aliphatic heterocycles. The molecule has 1 heterocycles. The Bertz CT molecular complexity index is 245. The fourth-order valence-electron chi connectivity index (χ4n) is 0.548. The van der Waals surface area contributed by atoms with Crippen LogP contribution >= 0.6 is 0 Å². The zero-order valence-electron chi connectivity index (χ0n) is 5.65. The molecule has 0 aliphatic rings. The molecule has 0 radical (unpaired) electrons. The smallest absolute Gasteiger partial charge is 0.174 e. The van der Waals surface area contributed by atoms with Crippen molar-refractivity contribution < 1.29 is 0 Å². The Balaban J connectivity index is 2.70. The molecule has 0 atom stereocenters. The lowest BCUT2D eigenvalue weighted by Crippen LogP contribution is -2.00. The van der Waals surface area contributed by atoms with Gasteiger partial charge in [-0.25, -0.2) is 0 Å². The predicted octanol–water partition coefficient (Wildman–Crippen LogP) is -0.241. The molecule has 0 spiro atoms. The van der Waals surface area contributed by atoms with E-state index in [0.717, 1.165) is 6.42 Å². The van der Waals surface area contributed by atoms with Crippen molar-refractivity contribution in [2.75, 3.05) is 0 Å². The molecular formula is C5H7N5. The summed E-state index contributed by atoms with van der Waals surface area (Å²) in [5.41, 5.74) is 0. The number of tetrazole rings is 1. The lowest BCUT2D eigenvalue weighted by atomic mass is 10.5. The number of nitriles is 1. The van der Waals surface area contributed by atoms with Gasteiger partial charge in [0.1, 0.15) is 6.54 Å². The molecule has 5 heteroatoms. The SMILES string of the molecule is CCc1nnn(CC#N)n1. The summed E-state index contributed by atoms with van der Waals surface area (Å²) in [6.07, 6.45) is 0.755. The first-order chi connectivity index (χ1) is 4.86. The minimum atomic E-state index is 0.174. The normalized spacial score (nSPS) is 9.20. The number of rotatable bonds is 2. The third kappa shape index (κ3) is 1.29. The van der Waals surface area contributed by atoms with Gasteiger partial charge in [-0.2, -0.15) is 5.26 Å². The van der Waals surface area contributed by atoms with Crippen LogP contribution in [0.3, 0.4) is 0 Å². The second kappa shape index (κ2) is 2.92. The van der Waals surface area contributed by atoms with E-state index in [2.05, 4.69) is 15.4 Å². The van der Waals surface area contributed by atoms with Crippen molar-refractivity contribution in [3.63, 3.8) is 0 Å². The summed E-state index contributed by atoms with van der Waals surface area (Å²) in [5.74, 6) is 0.676. The van der Waals surface area contributed by atoms with Gasteiger partial charge < -0.3 is 0 Å². The maximum atomic E-state index is 8.22. The van der Waals surface area contributed by atoms with Crippen LogP contribution in [0.5, 0.6) is 0 Å². The van der Waals surface area contributed by atoms with Gasteiger partial charge in [-0.05, 0) is 5.21 Å². The minimum absolute atomic E-state index is 0.174. The topological polar surface area (TPSA) is 67.4 Å². The Kier molecular flexibility index (Phi) is 1.95. The van der Waals surface area contributed by atoms with Gasteiger partial charge in [0.05, 0.1) is 6.07 Å². The number of aromatic nitrogens is 4. The van der Waals surface area contributed by atoms with Gasteiger partial charge in [-0.15, -0.1) is 15.0 Å². The summed E-state index contributed by atoms with van der Waals surface area (Å²) in [6, 6.07) is 1.92. The van der Waals surface area contributed by atoms with Crippen LogP contribution in [0.2, 0.25) is 0 Å². The average molecular weight is 137 g/mol. The maximum absolute atomic E-state index is 8.22. The summed E-state index contributed by atoms with van der Waals surface area (Å²) in [7, 11) is 0. The van der Waals surface area contributed by atoms with Crippen molar-refractivity contribution in [1.82, 2.24) is 20.2 Å². The van der Waals surface area contributed by atoms with Crippen LogP contribution in [0, 0.1) is 11.3 Å². The van der Waals surface area contributed by atoms with E-state index in [0.29, 0.717) is 5.82 Å². The summed E-state index contributed by atoms with van der Waals surface area (Å²) >= 11 is 0. The molecule has 1 rings (SSSR count). The van der Waals surface area contributed by atoms with Crippen LogP contribution in [-0.2, 0) is 13.0 Å². The van der Waals surface area contributed by atoms with E-state index in [1.807, 2.05) is 13.0 Å². The van der Waals surface area contributed by atoms with E-state index in [1.54, 1.807) is 0 Å². The highest BCUT2D eigenvalue weighted by Crippen LogP contribution is 1.85. The van der Waals surface area contributed by atoms with Crippen molar-refractivity contribution >= 4 is 0 Å². The van der Waals surface area contributed by atoms with Gasteiger partial charge >= 0.3 is 0 Å². The van der Waals surface area contributed by atoms with Gasteiger partial charge in [0.15, 0.2) is 5.82 Å². The number of hydrogen-bond acceptors (Lipinski definition) is 4. The van der Waals surface area contributed by atoms with Gasteiger partial charge in [-0.3, -0.25) is 0 Å². The molecule has 0 aromatic carbocycles. The van der Waals surface area contributed by atoms with E-state index in [-0.39, 0.29) is 6.54 Å². The van der Waals surface area contributed by atoms with Crippen molar-refractivity contribution in [2.45, 2.75) is 19.9 Å². The highest BCUT2D eigenvalue weighted by atomic mass is 15.6.